The van der Waals surface area contributed by atoms with Gasteiger partial charge in [0.2, 0.25) is 5.88 Å². The van der Waals surface area contributed by atoms with E-state index in [9.17, 15) is 35.5 Å². The van der Waals surface area contributed by atoms with Gasteiger partial charge < -0.3 is 9.47 Å². The monoisotopic (exact) mass is 572 g/mol. The Morgan fingerprint density at radius 3 is 2.21 bits per heavy atom. The van der Waals surface area contributed by atoms with Crippen molar-refractivity contribution in [3.05, 3.63) is 105 Å². The van der Waals surface area contributed by atoms with E-state index in [2.05, 4.69) is 4.98 Å². The minimum atomic E-state index is -4.73. The Balaban J connectivity index is 1.50. The van der Waals surface area contributed by atoms with E-state index < -0.39 is 40.0 Å². The molecule has 0 unspecified atom stereocenters. The van der Waals surface area contributed by atoms with Crippen LogP contribution in [0.3, 0.4) is 0 Å². The van der Waals surface area contributed by atoms with Crippen molar-refractivity contribution in [2.75, 3.05) is 0 Å². The van der Waals surface area contributed by atoms with E-state index in [1.54, 1.807) is 0 Å². The summed E-state index contributed by atoms with van der Waals surface area (Å²) in [5.74, 6) is -1.70. The Hall–Kier alpha value is -4.06. The molecule has 0 atom stereocenters. The highest BCUT2D eigenvalue weighted by Crippen LogP contribution is 2.38. The van der Waals surface area contributed by atoms with Gasteiger partial charge in [-0.05, 0) is 53.6 Å². The summed E-state index contributed by atoms with van der Waals surface area (Å²) < 4.78 is 104. The Bertz CT molecular complexity index is 1570. The molecular weight excluding hydrogens is 557 g/mol. The maximum absolute atomic E-state index is 14.6. The van der Waals surface area contributed by atoms with Gasteiger partial charge in [-0.2, -0.15) is 31.3 Å². The minimum absolute atomic E-state index is 0.158. The van der Waals surface area contributed by atoms with Crippen molar-refractivity contribution in [3.63, 3.8) is 0 Å². The maximum atomic E-state index is 14.6. The van der Waals surface area contributed by atoms with Gasteiger partial charge in [-0.3, -0.25) is 4.57 Å². The van der Waals surface area contributed by atoms with Crippen LogP contribution in [0, 0.1) is 5.82 Å². The average molecular weight is 573 g/mol. The average Bonchev–Trinajstić information content (AvgIpc) is 2.86. The van der Waals surface area contributed by atoms with Gasteiger partial charge in [-0.25, -0.2) is 9.18 Å². The molecule has 4 aromatic rings. The zero-order chi connectivity index (χ0) is 28.5. The van der Waals surface area contributed by atoms with Crippen molar-refractivity contribution in [2.24, 2.45) is 7.05 Å². The van der Waals surface area contributed by atoms with Gasteiger partial charge in [-0.15, -0.1) is 0 Å². The molecule has 0 saturated carbocycles. The first-order chi connectivity index (χ1) is 18.2. The summed E-state index contributed by atoms with van der Waals surface area (Å²) >= 11 is 5.58. The Labute approximate surface area is 221 Å². The lowest BCUT2D eigenvalue weighted by Crippen LogP contribution is -2.22. The van der Waals surface area contributed by atoms with Gasteiger partial charge in [0.05, 0.1) is 21.8 Å². The molecule has 5 nitrogen and oxygen atoms in total. The summed E-state index contributed by atoms with van der Waals surface area (Å²) in [6.45, 7) is -0.261. The molecule has 1 heterocycles. The standard InChI is InChI=1S/C26H16ClF7N2O3/c1-36-21(15-3-5-16(6-4-15)25(29,30)31)12-23(35-24(36)37)38-13-14-2-9-22(20(28)10-14)39-17-7-8-19(27)18(11-17)26(32,33)34/h2-12H,13H2,1H3. The number of hydrogen-bond acceptors (Lipinski definition) is 4. The van der Waals surface area contributed by atoms with Gasteiger partial charge in [0.25, 0.3) is 0 Å². The van der Waals surface area contributed by atoms with E-state index in [1.807, 2.05) is 0 Å². The number of hydrogen-bond donors (Lipinski definition) is 0. The van der Waals surface area contributed by atoms with Crippen LogP contribution in [0.2, 0.25) is 5.02 Å². The molecule has 0 aliphatic carbocycles. The quantitative estimate of drug-likeness (QED) is 0.223. The smallest absolute Gasteiger partial charge is 0.417 e. The van der Waals surface area contributed by atoms with Crippen LogP contribution in [0.15, 0.2) is 71.5 Å². The maximum Gasteiger partial charge on any atom is 0.417 e. The van der Waals surface area contributed by atoms with Gasteiger partial charge >= 0.3 is 18.0 Å². The molecule has 0 saturated heterocycles. The minimum Gasteiger partial charge on any atom is -0.473 e. The van der Waals surface area contributed by atoms with Crippen molar-refractivity contribution in [1.82, 2.24) is 9.55 Å². The van der Waals surface area contributed by atoms with Crippen LogP contribution in [-0.2, 0) is 26.0 Å². The van der Waals surface area contributed by atoms with Crippen LogP contribution >= 0.6 is 11.6 Å². The fourth-order valence-corrected chi connectivity index (χ4v) is 3.71. The summed E-state index contributed by atoms with van der Waals surface area (Å²) in [5.41, 5.74) is -1.92. The second-order valence-electron chi connectivity index (χ2n) is 8.19. The molecule has 0 aliphatic heterocycles. The molecule has 0 fully saturated rings. The van der Waals surface area contributed by atoms with Crippen molar-refractivity contribution >= 4 is 11.6 Å². The van der Waals surface area contributed by atoms with E-state index in [4.69, 9.17) is 21.1 Å². The molecule has 4 rings (SSSR count). The highest BCUT2D eigenvalue weighted by atomic mass is 35.5. The van der Waals surface area contributed by atoms with Crippen LogP contribution in [0.5, 0.6) is 17.4 Å². The lowest BCUT2D eigenvalue weighted by atomic mass is 10.1. The van der Waals surface area contributed by atoms with E-state index in [1.165, 1.54) is 37.4 Å². The normalized spacial score (nSPS) is 11.9. The molecule has 39 heavy (non-hydrogen) atoms. The molecular formula is C26H16ClF7N2O3. The number of rotatable bonds is 6. The summed E-state index contributed by atoms with van der Waals surface area (Å²) in [4.78, 5) is 16.0. The van der Waals surface area contributed by atoms with Crippen LogP contribution in [0.25, 0.3) is 11.3 Å². The van der Waals surface area contributed by atoms with Crippen LogP contribution in [-0.4, -0.2) is 9.55 Å². The Morgan fingerprint density at radius 1 is 0.897 bits per heavy atom. The molecule has 13 heteroatoms. The number of alkyl halides is 6. The van der Waals surface area contributed by atoms with Gasteiger partial charge in [-0.1, -0.05) is 29.8 Å². The SMILES string of the molecule is Cn1c(-c2ccc(C(F)(F)F)cc2)cc(OCc2ccc(Oc3ccc(Cl)c(C(F)(F)F)c3)c(F)c2)nc1=O. The second-order valence-corrected chi connectivity index (χ2v) is 8.60. The molecule has 0 radical (unpaired) electrons. The van der Waals surface area contributed by atoms with Gasteiger partial charge in [0.15, 0.2) is 11.6 Å². The largest absolute Gasteiger partial charge is 0.473 e. The first-order valence-electron chi connectivity index (χ1n) is 10.9. The summed E-state index contributed by atoms with van der Waals surface area (Å²) in [5, 5.41) is -0.534. The molecule has 0 bridgehead atoms. The summed E-state index contributed by atoms with van der Waals surface area (Å²) in [7, 11) is 1.39. The van der Waals surface area contributed by atoms with Crippen LogP contribution in [0.4, 0.5) is 30.7 Å². The first kappa shape index (κ1) is 28.0. The Morgan fingerprint density at radius 2 is 1.59 bits per heavy atom. The number of nitrogens with zero attached hydrogens (tertiary/aromatic N) is 2. The number of ether oxygens (including phenoxy) is 2. The van der Waals surface area contributed by atoms with E-state index in [-0.39, 0.29) is 35.2 Å². The predicted molar refractivity (Wildman–Crippen MR) is 127 cm³/mol. The van der Waals surface area contributed by atoms with Crippen molar-refractivity contribution in [3.8, 4) is 28.6 Å². The second kappa shape index (κ2) is 10.6. The number of aromatic nitrogens is 2. The van der Waals surface area contributed by atoms with Crippen molar-refractivity contribution in [1.29, 1.82) is 0 Å². The predicted octanol–water partition coefficient (Wildman–Crippen LogP) is 7.65. The highest BCUT2D eigenvalue weighted by molar-refractivity contribution is 6.31. The van der Waals surface area contributed by atoms with Crippen LogP contribution in [0.1, 0.15) is 16.7 Å². The first-order valence-corrected chi connectivity index (χ1v) is 11.3. The topological polar surface area (TPSA) is 53.4 Å². The lowest BCUT2D eigenvalue weighted by Gasteiger charge is -2.13. The molecule has 1 aromatic heterocycles. The zero-order valence-corrected chi connectivity index (χ0v) is 20.5. The van der Waals surface area contributed by atoms with E-state index >= 15 is 0 Å². The lowest BCUT2D eigenvalue weighted by molar-refractivity contribution is -0.138. The van der Waals surface area contributed by atoms with E-state index in [0.717, 1.165) is 34.9 Å². The number of halogens is 8. The zero-order valence-electron chi connectivity index (χ0n) is 19.7. The molecule has 0 N–H and O–H groups in total. The highest BCUT2D eigenvalue weighted by Gasteiger charge is 2.34. The third kappa shape index (κ3) is 6.51. The molecule has 0 amide bonds. The third-order valence-corrected chi connectivity index (χ3v) is 5.81. The summed E-state index contributed by atoms with van der Waals surface area (Å²) in [6.07, 6.45) is -9.25. The van der Waals surface area contributed by atoms with Crippen molar-refractivity contribution in [2.45, 2.75) is 19.0 Å². The number of benzene rings is 3. The molecule has 204 valence electrons. The fourth-order valence-electron chi connectivity index (χ4n) is 3.49. The van der Waals surface area contributed by atoms with Crippen LogP contribution < -0.4 is 15.2 Å². The third-order valence-electron chi connectivity index (χ3n) is 5.48. The van der Waals surface area contributed by atoms with E-state index in [0.29, 0.717) is 11.6 Å². The fraction of sp³-hybridized carbons (Fsp3) is 0.154. The molecule has 3 aromatic carbocycles. The van der Waals surface area contributed by atoms with Gasteiger partial charge in [0.1, 0.15) is 12.4 Å². The summed E-state index contributed by atoms with van der Waals surface area (Å²) in [6, 6.07) is 11.9. The van der Waals surface area contributed by atoms with Gasteiger partial charge in [0, 0.05) is 13.1 Å². The molecule has 0 aliphatic rings. The van der Waals surface area contributed by atoms with Crippen molar-refractivity contribution < 1.29 is 40.2 Å². The Kier molecular flexibility index (Phi) is 7.60. The molecule has 0 spiro atoms.